The molecule has 0 bridgehead atoms. The fraction of sp³-hybridized carbons (Fsp3) is 0.316. The number of para-hydroxylation sites is 1. The summed E-state index contributed by atoms with van der Waals surface area (Å²) in [5.74, 6) is -1.24. The minimum Gasteiger partial charge on any atom is -0.496 e. The molecule has 138 valence electrons. The van der Waals surface area contributed by atoms with Crippen LogP contribution in [0.25, 0.3) is 0 Å². The Morgan fingerprint density at radius 3 is 2.38 bits per heavy atom. The number of carbonyl (C=O) groups is 3. The molecule has 0 saturated heterocycles. The third kappa shape index (κ3) is 3.93. The van der Waals surface area contributed by atoms with Crippen LogP contribution >= 0.6 is 0 Å². The van der Waals surface area contributed by atoms with E-state index in [1.165, 1.54) is 7.11 Å². The van der Waals surface area contributed by atoms with Gasteiger partial charge >= 0.3 is 11.9 Å². The van der Waals surface area contributed by atoms with Gasteiger partial charge in [0.1, 0.15) is 11.3 Å². The van der Waals surface area contributed by atoms with Crippen molar-refractivity contribution in [1.82, 2.24) is 4.98 Å². The molecule has 0 aliphatic rings. The zero-order valence-corrected chi connectivity index (χ0v) is 15.2. The number of hydrogen-bond acceptors (Lipinski definition) is 6. The van der Waals surface area contributed by atoms with Crippen molar-refractivity contribution in [3.05, 3.63) is 52.3 Å². The summed E-state index contributed by atoms with van der Waals surface area (Å²) in [7, 11) is 1.44. The average Bonchev–Trinajstić information content (AvgIpc) is 2.93. The van der Waals surface area contributed by atoms with Gasteiger partial charge in [-0.05, 0) is 38.5 Å². The topological polar surface area (TPSA) is 94.7 Å². The van der Waals surface area contributed by atoms with Crippen molar-refractivity contribution >= 4 is 17.7 Å². The van der Waals surface area contributed by atoms with Crippen molar-refractivity contribution in [3.8, 4) is 5.75 Å². The van der Waals surface area contributed by atoms with Crippen molar-refractivity contribution < 1.29 is 28.6 Å². The van der Waals surface area contributed by atoms with Crippen LogP contribution in [0.3, 0.4) is 0 Å². The molecule has 0 radical (unpaired) electrons. The lowest BCUT2D eigenvalue weighted by Gasteiger charge is -2.08. The summed E-state index contributed by atoms with van der Waals surface area (Å²) in [6.45, 7) is 4.81. The van der Waals surface area contributed by atoms with E-state index in [1.54, 1.807) is 45.0 Å². The molecule has 0 amide bonds. The number of ether oxygens (including phenoxy) is 3. The van der Waals surface area contributed by atoms with E-state index in [4.69, 9.17) is 14.2 Å². The molecule has 0 fully saturated rings. The lowest BCUT2D eigenvalue weighted by Crippen LogP contribution is -2.16. The zero-order valence-electron chi connectivity index (χ0n) is 15.2. The number of H-pyrrole nitrogens is 1. The number of aromatic nitrogens is 1. The van der Waals surface area contributed by atoms with Crippen LogP contribution in [0.5, 0.6) is 5.75 Å². The smallest absolute Gasteiger partial charge is 0.342 e. The highest BCUT2D eigenvalue weighted by atomic mass is 16.5. The van der Waals surface area contributed by atoms with Crippen molar-refractivity contribution in [2.45, 2.75) is 20.8 Å². The van der Waals surface area contributed by atoms with Gasteiger partial charge in [0.05, 0.1) is 25.0 Å². The van der Waals surface area contributed by atoms with Gasteiger partial charge in [-0.25, -0.2) is 9.59 Å². The predicted octanol–water partition coefficient (Wildman–Crippen LogP) is 2.86. The van der Waals surface area contributed by atoms with Crippen LogP contribution in [-0.2, 0) is 9.47 Å². The Bertz CT molecular complexity index is 837. The number of ketones is 1. The molecule has 0 atom stereocenters. The Morgan fingerprint density at radius 2 is 1.73 bits per heavy atom. The highest BCUT2D eigenvalue weighted by molar-refractivity contribution is 6.03. The van der Waals surface area contributed by atoms with Gasteiger partial charge in [0.25, 0.3) is 0 Å². The zero-order chi connectivity index (χ0) is 19.3. The van der Waals surface area contributed by atoms with Gasteiger partial charge in [-0.1, -0.05) is 12.1 Å². The molecule has 0 spiro atoms. The summed E-state index contributed by atoms with van der Waals surface area (Å²) in [4.78, 5) is 39.4. The molecule has 2 aromatic rings. The van der Waals surface area contributed by atoms with E-state index >= 15 is 0 Å². The molecule has 0 aliphatic carbocycles. The summed E-state index contributed by atoms with van der Waals surface area (Å²) >= 11 is 0. The number of carbonyl (C=O) groups excluding carboxylic acids is 3. The highest BCUT2D eigenvalue weighted by Gasteiger charge is 2.24. The number of Topliss-reactive ketones (excluding diaryl/α,β-unsaturated/α-hetero) is 1. The van der Waals surface area contributed by atoms with Gasteiger partial charge in [-0.15, -0.1) is 0 Å². The van der Waals surface area contributed by atoms with E-state index in [0.29, 0.717) is 22.6 Å². The largest absolute Gasteiger partial charge is 0.496 e. The van der Waals surface area contributed by atoms with Gasteiger partial charge in [0.2, 0.25) is 5.78 Å². The lowest BCUT2D eigenvalue weighted by molar-refractivity contribution is 0.0469. The second-order valence-electron chi connectivity index (χ2n) is 5.55. The maximum absolute atomic E-state index is 12.4. The molecule has 26 heavy (non-hydrogen) atoms. The summed E-state index contributed by atoms with van der Waals surface area (Å²) in [6.07, 6.45) is 0. The van der Waals surface area contributed by atoms with E-state index < -0.39 is 24.3 Å². The predicted molar refractivity (Wildman–Crippen MR) is 93.8 cm³/mol. The number of methoxy groups -OCH3 is 1. The number of rotatable bonds is 7. The summed E-state index contributed by atoms with van der Waals surface area (Å²) in [6, 6.07) is 6.57. The Kier molecular flexibility index (Phi) is 6.16. The first kappa shape index (κ1) is 19.2. The van der Waals surface area contributed by atoms with Gasteiger partial charge in [-0.3, -0.25) is 4.79 Å². The second kappa shape index (κ2) is 8.33. The maximum Gasteiger partial charge on any atom is 0.342 e. The summed E-state index contributed by atoms with van der Waals surface area (Å²) < 4.78 is 15.2. The molecule has 1 heterocycles. The van der Waals surface area contributed by atoms with Crippen molar-refractivity contribution in [2.24, 2.45) is 0 Å². The van der Waals surface area contributed by atoms with Crippen LogP contribution in [0.4, 0.5) is 0 Å². The molecular formula is C19H21NO6. The number of aryl methyl sites for hydroxylation is 1. The van der Waals surface area contributed by atoms with Gasteiger partial charge < -0.3 is 19.2 Å². The molecule has 2 rings (SSSR count). The molecular weight excluding hydrogens is 338 g/mol. The normalized spacial score (nSPS) is 10.3. The minimum absolute atomic E-state index is 0.221. The molecule has 7 nitrogen and oxygen atoms in total. The Balaban J connectivity index is 2.12. The van der Waals surface area contributed by atoms with Crippen LogP contribution in [0.15, 0.2) is 24.3 Å². The lowest BCUT2D eigenvalue weighted by atomic mass is 10.1. The monoisotopic (exact) mass is 359 g/mol. The quantitative estimate of drug-likeness (QED) is 0.603. The van der Waals surface area contributed by atoms with E-state index in [0.717, 1.165) is 0 Å². The SMILES string of the molecule is CCOC(=O)c1c(C)[nH]c(C(=O)COC(=O)c2ccccc2OC)c1C. The van der Waals surface area contributed by atoms with Gasteiger partial charge in [-0.2, -0.15) is 0 Å². The van der Waals surface area contributed by atoms with Crippen LogP contribution in [-0.4, -0.2) is 43.0 Å². The molecule has 1 N–H and O–H groups in total. The molecule has 7 heteroatoms. The third-order valence-corrected chi connectivity index (χ3v) is 3.86. The van der Waals surface area contributed by atoms with E-state index in [9.17, 15) is 14.4 Å². The van der Waals surface area contributed by atoms with Crippen LogP contribution < -0.4 is 4.74 Å². The third-order valence-electron chi connectivity index (χ3n) is 3.86. The highest BCUT2D eigenvalue weighted by Crippen LogP contribution is 2.21. The second-order valence-corrected chi connectivity index (χ2v) is 5.55. The molecule has 0 saturated carbocycles. The van der Waals surface area contributed by atoms with E-state index in [2.05, 4.69) is 4.98 Å². The molecule has 1 aromatic heterocycles. The molecule has 0 unspecified atom stereocenters. The number of esters is 2. The van der Waals surface area contributed by atoms with Crippen molar-refractivity contribution in [1.29, 1.82) is 0 Å². The maximum atomic E-state index is 12.4. The number of aromatic amines is 1. The minimum atomic E-state index is -0.664. The first-order valence-electron chi connectivity index (χ1n) is 8.10. The first-order valence-corrected chi connectivity index (χ1v) is 8.10. The van der Waals surface area contributed by atoms with E-state index in [-0.39, 0.29) is 17.9 Å². The summed E-state index contributed by atoms with van der Waals surface area (Å²) in [5, 5.41) is 0. The van der Waals surface area contributed by atoms with E-state index in [1.807, 2.05) is 0 Å². The van der Waals surface area contributed by atoms with Gasteiger partial charge in [0.15, 0.2) is 6.61 Å². The van der Waals surface area contributed by atoms with Crippen molar-refractivity contribution in [2.75, 3.05) is 20.3 Å². The van der Waals surface area contributed by atoms with Gasteiger partial charge in [0, 0.05) is 5.69 Å². The fourth-order valence-corrected chi connectivity index (χ4v) is 2.63. The fourth-order valence-electron chi connectivity index (χ4n) is 2.63. The average molecular weight is 359 g/mol. The Morgan fingerprint density at radius 1 is 1.04 bits per heavy atom. The number of nitrogens with one attached hydrogen (secondary N) is 1. The standard InChI is InChI=1S/C19H21NO6/c1-5-25-19(23)16-11(2)17(20-12(16)3)14(21)10-26-18(22)13-8-6-7-9-15(13)24-4/h6-9,20H,5,10H2,1-4H3. The Hall–Kier alpha value is -3.09. The van der Waals surface area contributed by atoms with Crippen LogP contribution in [0, 0.1) is 13.8 Å². The number of benzene rings is 1. The summed E-state index contributed by atoms with van der Waals surface area (Å²) in [5.41, 5.74) is 1.78. The Labute approximate surface area is 151 Å². The first-order chi connectivity index (χ1) is 12.4. The van der Waals surface area contributed by atoms with Crippen LogP contribution in [0.1, 0.15) is 49.4 Å². The van der Waals surface area contributed by atoms with Crippen molar-refractivity contribution in [3.63, 3.8) is 0 Å². The number of hydrogen-bond donors (Lipinski definition) is 1. The molecule has 0 aliphatic heterocycles. The van der Waals surface area contributed by atoms with Crippen LogP contribution in [0.2, 0.25) is 0 Å². The molecule has 1 aromatic carbocycles.